The predicted molar refractivity (Wildman–Crippen MR) is 146 cm³/mol. The van der Waals surface area contributed by atoms with Crippen molar-refractivity contribution >= 4 is 29.7 Å². The number of benzene rings is 1. The first kappa shape index (κ1) is 32.4. The molecule has 0 saturated heterocycles. The van der Waals surface area contributed by atoms with Crippen LogP contribution in [0.4, 0.5) is 0 Å². The van der Waals surface area contributed by atoms with Gasteiger partial charge < -0.3 is 38.3 Å². The molecule has 0 aliphatic carbocycles. The maximum absolute atomic E-state index is 13.3. The molecule has 0 bridgehead atoms. The number of rotatable bonds is 16. The van der Waals surface area contributed by atoms with Crippen molar-refractivity contribution in [3.63, 3.8) is 0 Å². The lowest BCUT2D eigenvalue weighted by Crippen LogP contribution is -2.59. The lowest BCUT2D eigenvalue weighted by molar-refractivity contribution is -0.144. The van der Waals surface area contributed by atoms with Gasteiger partial charge in [0.2, 0.25) is 17.7 Å². The van der Waals surface area contributed by atoms with E-state index in [1.54, 1.807) is 20.8 Å². The molecule has 0 spiro atoms. The van der Waals surface area contributed by atoms with Crippen molar-refractivity contribution in [3.8, 4) is 0 Å². The van der Waals surface area contributed by atoms with Crippen LogP contribution < -0.4 is 33.2 Å². The molecule has 12 nitrogen and oxygen atoms in total. The third kappa shape index (κ3) is 11.2. The molecule has 0 aliphatic rings. The van der Waals surface area contributed by atoms with E-state index in [-0.39, 0.29) is 37.2 Å². The summed E-state index contributed by atoms with van der Waals surface area (Å²) < 4.78 is 0. The summed E-state index contributed by atoms with van der Waals surface area (Å²) in [6.07, 6.45) is 1.38. The van der Waals surface area contributed by atoms with Crippen LogP contribution in [0.2, 0.25) is 0 Å². The van der Waals surface area contributed by atoms with Crippen LogP contribution in [0.5, 0.6) is 0 Å². The molecule has 0 aromatic heterocycles. The number of guanidine groups is 1. The van der Waals surface area contributed by atoms with Gasteiger partial charge in [-0.1, -0.05) is 64.4 Å². The molecular weight excluding hydrogens is 490 g/mol. The van der Waals surface area contributed by atoms with E-state index in [1.807, 2.05) is 37.3 Å². The second-order valence-corrected chi connectivity index (χ2v) is 9.75. The minimum absolute atomic E-state index is 0.0919. The van der Waals surface area contributed by atoms with Crippen LogP contribution in [0.3, 0.4) is 0 Å². The Morgan fingerprint density at radius 1 is 0.921 bits per heavy atom. The Labute approximate surface area is 224 Å². The fourth-order valence-electron chi connectivity index (χ4n) is 3.73. The molecule has 0 radical (unpaired) electrons. The van der Waals surface area contributed by atoms with Crippen molar-refractivity contribution in [1.82, 2.24) is 16.0 Å². The number of hydrogen-bond donors (Lipinski definition) is 7. The predicted octanol–water partition coefficient (Wildman–Crippen LogP) is -0.149. The number of nitrogens with one attached hydrogen (secondary N) is 3. The van der Waals surface area contributed by atoms with Crippen LogP contribution in [-0.2, 0) is 25.6 Å². The maximum atomic E-state index is 13.3. The quantitative estimate of drug-likeness (QED) is 0.0859. The number of hydrogen-bond acceptors (Lipinski definition) is 6. The normalized spacial score (nSPS) is 14.9. The van der Waals surface area contributed by atoms with Gasteiger partial charge in [-0.05, 0) is 36.7 Å². The van der Waals surface area contributed by atoms with Gasteiger partial charge in [-0.2, -0.15) is 0 Å². The molecule has 0 saturated carbocycles. The number of carbonyl (C=O) groups excluding carboxylic acids is 3. The van der Waals surface area contributed by atoms with Crippen LogP contribution in [0.1, 0.15) is 52.5 Å². The number of carboxylic acids is 1. The Kier molecular flexibility index (Phi) is 13.8. The van der Waals surface area contributed by atoms with Crippen molar-refractivity contribution in [3.05, 3.63) is 35.9 Å². The summed E-state index contributed by atoms with van der Waals surface area (Å²) in [5.41, 5.74) is 17.7. The summed E-state index contributed by atoms with van der Waals surface area (Å²) in [6.45, 7) is 7.24. The van der Waals surface area contributed by atoms with Crippen LogP contribution in [0.15, 0.2) is 35.3 Å². The van der Waals surface area contributed by atoms with Crippen molar-refractivity contribution in [2.24, 2.45) is 34.0 Å². The van der Waals surface area contributed by atoms with Gasteiger partial charge in [-0.3, -0.25) is 19.4 Å². The number of amides is 3. The Bertz CT molecular complexity index is 951. The smallest absolute Gasteiger partial charge is 0.326 e. The monoisotopic (exact) mass is 533 g/mol. The number of carboxylic acid groups (broad SMARTS) is 1. The van der Waals surface area contributed by atoms with Gasteiger partial charge in [0.15, 0.2) is 5.96 Å². The zero-order valence-electron chi connectivity index (χ0n) is 22.6. The molecule has 1 aromatic carbocycles. The number of nitrogens with zero attached hydrogens (tertiary/aromatic N) is 1. The lowest BCUT2D eigenvalue weighted by atomic mass is 9.97. The Morgan fingerprint density at radius 2 is 1.53 bits per heavy atom. The van der Waals surface area contributed by atoms with Gasteiger partial charge in [-0.25, -0.2) is 4.79 Å². The van der Waals surface area contributed by atoms with Crippen LogP contribution in [-0.4, -0.2) is 65.5 Å². The summed E-state index contributed by atoms with van der Waals surface area (Å²) in [7, 11) is 0. The van der Waals surface area contributed by atoms with E-state index in [4.69, 9.17) is 17.2 Å². The number of nitrogens with two attached hydrogens (primary N) is 3. The first-order chi connectivity index (χ1) is 17.9. The molecule has 3 amide bonds. The minimum Gasteiger partial charge on any atom is -0.480 e. The van der Waals surface area contributed by atoms with E-state index < -0.39 is 47.9 Å². The van der Waals surface area contributed by atoms with E-state index in [1.165, 1.54) is 0 Å². The minimum atomic E-state index is -1.15. The second kappa shape index (κ2) is 16.2. The maximum Gasteiger partial charge on any atom is 0.326 e. The highest BCUT2D eigenvalue weighted by atomic mass is 16.4. The van der Waals surface area contributed by atoms with Crippen molar-refractivity contribution in [1.29, 1.82) is 0 Å². The molecule has 12 heteroatoms. The van der Waals surface area contributed by atoms with Gasteiger partial charge in [0.1, 0.15) is 18.1 Å². The van der Waals surface area contributed by atoms with E-state index in [2.05, 4.69) is 20.9 Å². The summed E-state index contributed by atoms with van der Waals surface area (Å²) in [4.78, 5) is 54.7. The Balaban J connectivity index is 3.01. The third-order valence-corrected chi connectivity index (χ3v) is 6.24. The van der Waals surface area contributed by atoms with E-state index in [0.29, 0.717) is 12.8 Å². The standard InChI is InChI=1S/C26H43N7O5/c1-5-16(4)21(25(37)38)33-24(36)20(15(2)3)32-23(35)19(12-9-13-30-26(28)29)31-22(34)18(27)14-17-10-7-6-8-11-17/h6-8,10-11,15-16,18-21H,5,9,12-14,27H2,1-4H3,(H,31,34)(H,32,35)(H,33,36)(H,37,38)(H4,28,29,30). The van der Waals surface area contributed by atoms with E-state index in [0.717, 1.165) is 5.56 Å². The van der Waals surface area contributed by atoms with E-state index >= 15 is 0 Å². The number of carbonyl (C=O) groups is 4. The van der Waals surface area contributed by atoms with Gasteiger partial charge in [0, 0.05) is 6.54 Å². The zero-order chi connectivity index (χ0) is 28.8. The van der Waals surface area contributed by atoms with Crippen molar-refractivity contribution < 1.29 is 24.3 Å². The molecule has 5 unspecified atom stereocenters. The third-order valence-electron chi connectivity index (χ3n) is 6.24. The highest BCUT2D eigenvalue weighted by molar-refractivity contribution is 5.94. The lowest BCUT2D eigenvalue weighted by Gasteiger charge is -2.28. The summed E-state index contributed by atoms with van der Waals surface area (Å²) >= 11 is 0. The molecule has 1 aromatic rings. The highest BCUT2D eigenvalue weighted by Gasteiger charge is 2.33. The SMILES string of the molecule is CCC(C)C(NC(=O)C(NC(=O)C(CCCN=C(N)N)NC(=O)C(N)Cc1ccccc1)C(C)C)C(=O)O. The zero-order valence-corrected chi connectivity index (χ0v) is 22.6. The van der Waals surface area contributed by atoms with Gasteiger partial charge in [0.25, 0.3) is 0 Å². The highest BCUT2D eigenvalue weighted by Crippen LogP contribution is 2.11. The molecule has 38 heavy (non-hydrogen) atoms. The van der Waals surface area contributed by atoms with E-state index in [9.17, 15) is 24.3 Å². The average Bonchev–Trinajstić information content (AvgIpc) is 2.86. The summed E-state index contributed by atoms with van der Waals surface area (Å²) in [6, 6.07) is 5.19. The molecule has 10 N–H and O–H groups in total. The summed E-state index contributed by atoms with van der Waals surface area (Å²) in [5, 5.41) is 17.4. The molecule has 212 valence electrons. The summed E-state index contributed by atoms with van der Waals surface area (Å²) in [5.74, 6) is -3.66. The molecule has 5 atom stereocenters. The Morgan fingerprint density at radius 3 is 2.05 bits per heavy atom. The average molecular weight is 534 g/mol. The first-order valence-corrected chi connectivity index (χ1v) is 12.9. The molecule has 0 heterocycles. The molecule has 0 fully saturated rings. The van der Waals surface area contributed by atoms with Gasteiger partial charge in [0.05, 0.1) is 6.04 Å². The number of aliphatic imine (C=N–C) groups is 1. The molecular formula is C26H43N7O5. The first-order valence-electron chi connectivity index (χ1n) is 12.9. The van der Waals surface area contributed by atoms with Crippen LogP contribution in [0.25, 0.3) is 0 Å². The largest absolute Gasteiger partial charge is 0.480 e. The van der Waals surface area contributed by atoms with Crippen molar-refractivity contribution in [2.45, 2.75) is 77.5 Å². The topological polar surface area (TPSA) is 215 Å². The fraction of sp³-hybridized carbons (Fsp3) is 0.577. The van der Waals surface area contributed by atoms with Gasteiger partial charge >= 0.3 is 5.97 Å². The molecule has 0 aliphatic heterocycles. The van der Waals surface area contributed by atoms with Crippen LogP contribution >= 0.6 is 0 Å². The van der Waals surface area contributed by atoms with Crippen molar-refractivity contribution in [2.75, 3.05) is 6.54 Å². The van der Waals surface area contributed by atoms with Gasteiger partial charge in [-0.15, -0.1) is 0 Å². The molecule has 1 rings (SSSR count). The van der Waals surface area contributed by atoms with Crippen LogP contribution in [0, 0.1) is 11.8 Å². The fourth-order valence-corrected chi connectivity index (χ4v) is 3.73. The Hall–Kier alpha value is -3.67. The second-order valence-electron chi connectivity index (χ2n) is 9.75. The number of aliphatic carboxylic acids is 1.